The van der Waals surface area contributed by atoms with Crippen LogP contribution in [0.3, 0.4) is 0 Å². The van der Waals surface area contributed by atoms with Crippen LogP contribution in [-0.4, -0.2) is 13.8 Å². The van der Waals surface area contributed by atoms with Crippen LogP contribution in [0.4, 0.5) is 0 Å². The van der Waals surface area contributed by atoms with Crippen molar-refractivity contribution in [1.82, 2.24) is 0 Å². The van der Waals surface area contributed by atoms with E-state index >= 15 is 0 Å². The van der Waals surface area contributed by atoms with Crippen LogP contribution in [0.1, 0.15) is 32.3 Å². The van der Waals surface area contributed by atoms with Gasteiger partial charge in [0, 0.05) is 23.1 Å². The molecule has 1 aliphatic rings. The molecule has 0 saturated carbocycles. The lowest BCUT2D eigenvalue weighted by Gasteiger charge is -2.25. The molecule has 0 N–H and O–H groups in total. The van der Waals surface area contributed by atoms with Gasteiger partial charge >= 0.3 is 0 Å². The lowest BCUT2D eigenvalue weighted by molar-refractivity contribution is 0.308. The predicted molar refractivity (Wildman–Crippen MR) is 106 cm³/mol. The first-order chi connectivity index (χ1) is 12.2. The van der Waals surface area contributed by atoms with E-state index in [9.17, 15) is 0 Å². The molecule has 2 aromatic rings. The first-order valence-electron chi connectivity index (χ1n) is 8.45. The normalized spacial score (nSPS) is 15.9. The molecular formula is C22H25NO2. The van der Waals surface area contributed by atoms with E-state index in [1.54, 1.807) is 19.4 Å². The van der Waals surface area contributed by atoms with E-state index in [2.05, 4.69) is 43.4 Å². The van der Waals surface area contributed by atoms with Crippen molar-refractivity contribution in [2.24, 2.45) is 4.99 Å². The smallest absolute Gasteiger partial charge is 0.130 e. The zero-order chi connectivity index (χ0) is 18.4. The highest BCUT2D eigenvalue weighted by Crippen LogP contribution is 2.43. The summed E-state index contributed by atoms with van der Waals surface area (Å²) in [6.07, 6.45) is 3.51. The summed E-state index contributed by atoms with van der Waals surface area (Å²) in [5.41, 5.74) is 2.84. The molecule has 3 nitrogen and oxygen atoms in total. The zero-order valence-corrected chi connectivity index (χ0v) is 15.4. The summed E-state index contributed by atoms with van der Waals surface area (Å²) < 4.78 is 11.0. The summed E-state index contributed by atoms with van der Waals surface area (Å²) in [5.74, 6) is 1.55. The highest BCUT2D eigenvalue weighted by Gasteiger charge is 2.25. The molecule has 0 saturated heterocycles. The van der Waals surface area contributed by atoms with Crippen LogP contribution < -0.4 is 4.74 Å². The first-order valence-corrected chi connectivity index (χ1v) is 8.45. The van der Waals surface area contributed by atoms with Crippen LogP contribution in [0.5, 0.6) is 5.75 Å². The van der Waals surface area contributed by atoms with Crippen LogP contribution in [0, 0.1) is 0 Å². The largest absolute Gasteiger partial charge is 0.497 e. The molecule has 1 aliphatic heterocycles. The van der Waals surface area contributed by atoms with E-state index in [-0.39, 0.29) is 5.92 Å². The van der Waals surface area contributed by atoms with Gasteiger partial charge in [-0.05, 0) is 23.6 Å². The van der Waals surface area contributed by atoms with Crippen molar-refractivity contribution in [2.75, 3.05) is 7.11 Å². The molecule has 0 spiro atoms. The Morgan fingerprint density at radius 1 is 1.20 bits per heavy atom. The minimum Gasteiger partial charge on any atom is -0.497 e. The number of aliphatic imine (C=N–C) groups is 1. The monoisotopic (exact) mass is 335 g/mol. The van der Waals surface area contributed by atoms with Crippen molar-refractivity contribution in [2.45, 2.75) is 26.7 Å². The van der Waals surface area contributed by atoms with E-state index in [0.717, 1.165) is 16.9 Å². The van der Waals surface area contributed by atoms with Crippen molar-refractivity contribution in [3.05, 3.63) is 77.9 Å². The minimum absolute atomic E-state index is 0.131. The first kappa shape index (κ1) is 18.5. The Morgan fingerprint density at radius 3 is 2.60 bits per heavy atom. The van der Waals surface area contributed by atoms with Crippen molar-refractivity contribution in [3.8, 4) is 5.75 Å². The Labute approximate surface area is 150 Å². The Kier molecular flexibility index (Phi) is 6.18. The molecule has 2 aromatic carbocycles. The van der Waals surface area contributed by atoms with Gasteiger partial charge in [0.2, 0.25) is 0 Å². The predicted octanol–water partition coefficient (Wildman–Crippen LogP) is 5.99. The maximum atomic E-state index is 5.85. The third-order valence-electron chi connectivity index (χ3n) is 4.17. The van der Waals surface area contributed by atoms with Gasteiger partial charge in [-0.3, -0.25) is 4.99 Å². The number of allylic oxidation sites excluding steroid dienone is 2. The molecule has 130 valence electrons. The van der Waals surface area contributed by atoms with E-state index in [4.69, 9.17) is 9.47 Å². The van der Waals surface area contributed by atoms with Crippen LogP contribution in [-0.2, 0) is 4.74 Å². The summed E-state index contributed by atoms with van der Waals surface area (Å²) in [6.45, 7) is 13.6. The number of methoxy groups -OCH3 is 1. The topological polar surface area (TPSA) is 30.8 Å². The molecule has 0 amide bonds. The third kappa shape index (κ3) is 3.66. The SMILES string of the molecule is C=N/C(=C\C(=C)OC)C1=COc2ccc3ccccc3c2C1C.CC. The molecule has 0 radical (unpaired) electrons. The number of rotatable bonds is 4. The van der Waals surface area contributed by atoms with Gasteiger partial charge in [0.25, 0.3) is 0 Å². The van der Waals surface area contributed by atoms with Gasteiger partial charge in [-0.25, -0.2) is 0 Å². The molecule has 0 fully saturated rings. The molecule has 0 aliphatic carbocycles. The molecule has 0 bridgehead atoms. The molecule has 3 heteroatoms. The second kappa shape index (κ2) is 8.34. The fraction of sp³-hybridized carbons (Fsp3) is 0.227. The summed E-state index contributed by atoms with van der Waals surface area (Å²) in [6, 6.07) is 12.4. The maximum absolute atomic E-state index is 5.85. The minimum atomic E-state index is 0.131. The van der Waals surface area contributed by atoms with Crippen molar-refractivity contribution in [3.63, 3.8) is 0 Å². The van der Waals surface area contributed by atoms with Gasteiger partial charge in [-0.2, -0.15) is 0 Å². The molecule has 1 heterocycles. The van der Waals surface area contributed by atoms with E-state index in [1.165, 1.54) is 10.8 Å². The lowest BCUT2D eigenvalue weighted by atomic mass is 9.86. The summed E-state index contributed by atoms with van der Waals surface area (Å²) >= 11 is 0. The molecule has 25 heavy (non-hydrogen) atoms. The van der Waals surface area contributed by atoms with Gasteiger partial charge < -0.3 is 9.47 Å². The standard InChI is InChI=1S/C20H19NO2.C2H6/c1-13(22-4)11-18(21-3)17-12-23-19-10-9-15-7-5-6-8-16(15)20(19)14(17)2;1-2/h5-12,14H,1,3H2,2,4H3;1-2H3/b18-11-;. The third-order valence-corrected chi connectivity index (χ3v) is 4.17. The Hall–Kier alpha value is -2.81. The van der Waals surface area contributed by atoms with Crippen molar-refractivity contribution in [1.29, 1.82) is 0 Å². The van der Waals surface area contributed by atoms with E-state index in [1.807, 2.05) is 32.0 Å². The average molecular weight is 335 g/mol. The van der Waals surface area contributed by atoms with Crippen LogP contribution in [0.25, 0.3) is 10.8 Å². The fourth-order valence-electron chi connectivity index (χ4n) is 2.92. The summed E-state index contributed by atoms with van der Waals surface area (Å²) in [4.78, 5) is 4.13. The summed E-state index contributed by atoms with van der Waals surface area (Å²) in [5, 5.41) is 2.39. The number of hydrogen-bond donors (Lipinski definition) is 0. The quantitative estimate of drug-likeness (QED) is 0.390. The zero-order valence-electron chi connectivity index (χ0n) is 15.4. The van der Waals surface area contributed by atoms with E-state index < -0.39 is 0 Å². The highest BCUT2D eigenvalue weighted by atomic mass is 16.5. The van der Waals surface area contributed by atoms with Crippen molar-refractivity contribution < 1.29 is 9.47 Å². The second-order valence-corrected chi connectivity index (χ2v) is 5.47. The van der Waals surface area contributed by atoms with Gasteiger partial charge in [0.1, 0.15) is 11.5 Å². The number of benzene rings is 2. The van der Waals surface area contributed by atoms with Crippen LogP contribution in [0.15, 0.2) is 77.3 Å². The average Bonchev–Trinajstić information content (AvgIpc) is 2.67. The molecule has 3 rings (SSSR count). The second-order valence-electron chi connectivity index (χ2n) is 5.47. The van der Waals surface area contributed by atoms with Gasteiger partial charge in [-0.15, -0.1) is 0 Å². The lowest BCUT2D eigenvalue weighted by Crippen LogP contribution is -2.10. The molecule has 1 atom stereocenters. The molecule has 0 aromatic heterocycles. The highest BCUT2D eigenvalue weighted by molar-refractivity contribution is 5.89. The van der Waals surface area contributed by atoms with Crippen LogP contribution in [0.2, 0.25) is 0 Å². The Morgan fingerprint density at radius 2 is 1.92 bits per heavy atom. The van der Waals surface area contributed by atoms with Gasteiger partial charge in [-0.1, -0.05) is 57.7 Å². The van der Waals surface area contributed by atoms with E-state index in [0.29, 0.717) is 11.5 Å². The van der Waals surface area contributed by atoms with Gasteiger partial charge in [0.05, 0.1) is 19.1 Å². The van der Waals surface area contributed by atoms with Gasteiger partial charge in [0.15, 0.2) is 0 Å². The van der Waals surface area contributed by atoms with Crippen LogP contribution >= 0.6 is 0 Å². The number of fused-ring (bicyclic) bond motifs is 3. The van der Waals surface area contributed by atoms with Crippen molar-refractivity contribution >= 4 is 17.5 Å². The fourth-order valence-corrected chi connectivity index (χ4v) is 2.92. The number of hydrogen-bond acceptors (Lipinski definition) is 3. The molecule has 1 unspecified atom stereocenters. The Bertz CT molecular complexity index is 846. The number of ether oxygens (including phenoxy) is 2. The molecular weight excluding hydrogens is 310 g/mol. The summed E-state index contributed by atoms with van der Waals surface area (Å²) in [7, 11) is 1.58. The maximum Gasteiger partial charge on any atom is 0.130 e. The number of nitrogens with zero attached hydrogens (tertiary/aromatic N) is 1. The Balaban J connectivity index is 0.00000109.